The van der Waals surface area contributed by atoms with Crippen LogP contribution in [0.2, 0.25) is 0 Å². The second-order valence-electron chi connectivity index (χ2n) is 6.05. The van der Waals surface area contributed by atoms with Crippen LogP contribution in [0.4, 0.5) is 5.69 Å². The van der Waals surface area contributed by atoms with Gasteiger partial charge >= 0.3 is 5.97 Å². The van der Waals surface area contributed by atoms with Gasteiger partial charge in [-0.3, -0.25) is 5.43 Å². The van der Waals surface area contributed by atoms with Crippen molar-refractivity contribution in [2.24, 2.45) is 5.10 Å². The number of hydrogen-bond donors (Lipinski definition) is 2. The molecule has 0 atom stereocenters. The summed E-state index contributed by atoms with van der Waals surface area (Å²) >= 11 is 3.42. The van der Waals surface area contributed by atoms with Crippen molar-refractivity contribution in [3.8, 4) is 11.5 Å². The molecule has 0 radical (unpaired) electrons. The van der Waals surface area contributed by atoms with Crippen LogP contribution in [-0.4, -0.2) is 24.4 Å². The van der Waals surface area contributed by atoms with Gasteiger partial charge in [-0.2, -0.15) is 5.10 Å². The van der Waals surface area contributed by atoms with E-state index in [0.717, 1.165) is 15.6 Å². The molecule has 0 saturated carbocycles. The molecule has 0 saturated heterocycles. The second-order valence-corrected chi connectivity index (χ2v) is 6.97. The Bertz CT molecular complexity index is 1020. The van der Waals surface area contributed by atoms with Gasteiger partial charge in [-0.1, -0.05) is 40.2 Å². The lowest BCUT2D eigenvalue weighted by Crippen LogP contribution is -2.02. The average Bonchev–Trinajstić information content (AvgIpc) is 2.74. The Kier molecular flexibility index (Phi) is 6.86. The Labute approximate surface area is 176 Å². The van der Waals surface area contributed by atoms with Crippen LogP contribution < -0.4 is 14.9 Å². The van der Waals surface area contributed by atoms with Crippen molar-refractivity contribution in [2.45, 2.75) is 6.61 Å². The first-order valence-corrected chi connectivity index (χ1v) is 9.53. The summed E-state index contributed by atoms with van der Waals surface area (Å²) in [7, 11) is 1.58. The minimum atomic E-state index is -0.992. The molecule has 3 aromatic carbocycles. The highest BCUT2D eigenvalue weighted by molar-refractivity contribution is 9.10. The molecule has 3 aromatic rings. The molecule has 0 amide bonds. The van der Waals surface area contributed by atoms with Crippen LogP contribution in [0, 0.1) is 0 Å². The first-order chi connectivity index (χ1) is 14.1. The summed E-state index contributed by atoms with van der Waals surface area (Å²) < 4.78 is 12.4. The maximum absolute atomic E-state index is 11.1. The lowest BCUT2D eigenvalue weighted by molar-refractivity contribution is 0.0697. The van der Waals surface area contributed by atoms with E-state index in [4.69, 9.17) is 14.6 Å². The molecular formula is C22H19BrN2O4. The van der Waals surface area contributed by atoms with Gasteiger partial charge in [0.05, 0.1) is 24.6 Å². The average molecular weight is 455 g/mol. The fourth-order valence-electron chi connectivity index (χ4n) is 2.58. The highest BCUT2D eigenvalue weighted by atomic mass is 79.9. The van der Waals surface area contributed by atoms with E-state index < -0.39 is 5.97 Å². The van der Waals surface area contributed by atoms with E-state index in [2.05, 4.69) is 26.5 Å². The minimum Gasteiger partial charge on any atom is -0.493 e. The molecule has 0 aliphatic carbocycles. The Morgan fingerprint density at radius 2 is 1.90 bits per heavy atom. The number of nitrogens with one attached hydrogen (secondary N) is 1. The first-order valence-electron chi connectivity index (χ1n) is 8.73. The van der Waals surface area contributed by atoms with Crippen LogP contribution >= 0.6 is 15.9 Å². The number of hydrazone groups is 1. The predicted octanol–water partition coefficient (Wildman–Crippen LogP) is 5.18. The zero-order valence-corrected chi connectivity index (χ0v) is 17.2. The molecule has 3 rings (SSSR count). The number of carboxylic acid groups (broad SMARTS) is 1. The Balaban J connectivity index is 1.76. The third kappa shape index (κ3) is 5.58. The van der Waals surface area contributed by atoms with Gasteiger partial charge in [0.2, 0.25) is 0 Å². The number of anilines is 1. The van der Waals surface area contributed by atoms with Crippen molar-refractivity contribution in [1.82, 2.24) is 0 Å². The van der Waals surface area contributed by atoms with E-state index in [1.165, 1.54) is 12.1 Å². The first kappa shape index (κ1) is 20.4. The number of rotatable bonds is 8. The SMILES string of the molecule is COc1cccc(C=NNc2cccc(C(=O)O)c2)c1OCc1ccc(Br)cc1. The molecule has 0 fully saturated rings. The molecule has 29 heavy (non-hydrogen) atoms. The van der Waals surface area contributed by atoms with Gasteiger partial charge in [-0.05, 0) is 48.0 Å². The Morgan fingerprint density at radius 3 is 2.62 bits per heavy atom. The fraction of sp³-hybridized carbons (Fsp3) is 0.0909. The standard InChI is InChI=1S/C22H19BrN2O4/c1-28-20-7-3-5-17(21(20)29-14-15-8-10-18(23)11-9-15)13-24-25-19-6-2-4-16(12-19)22(26)27/h2-13,25H,14H2,1H3,(H,26,27). The van der Waals surface area contributed by atoms with Crippen LogP contribution in [-0.2, 0) is 6.61 Å². The third-order valence-electron chi connectivity index (χ3n) is 4.03. The number of halogens is 1. The molecular weight excluding hydrogens is 436 g/mol. The molecule has 6 nitrogen and oxygen atoms in total. The van der Waals surface area contributed by atoms with Crippen molar-refractivity contribution < 1.29 is 19.4 Å². The second kappa shape index (κ2) is 9.75. The van der Waals surface area contributed by atoms with E-state index in [9.17, 15) is 4.79 Å². The van der Waals surface area contributed by atoms with Gasteiger partial charge in [-0.15, -0.1) is 0 Å². The van der Waals surface area contributed by atoms with Gasteiger partial charge in [-0.25, -0.2) is 4.79 Å². The van der Waals surface area contributed by atoms with Gasteiger partial charge in [0.15, 0.2) is 11.5 Å². The normalized spacial score (nSPS) is 10.7. The summed E-state index contributed by atoms with van der Waals surface area (Å²) in [4.78, 5) is 11.1. The molecule has 0 aliphatic heterocycles. The van der Waals surface area contributed by atoms with Crippen molar-refractivity contribution >= 4 is 33.8 Å². The van der Waals surface area contributed by atoms with Crippen molar-refractivity contribution in [3.05, 3.63) is 87.9 Å². The number of hydrogen-bond acceptors (Lipinski definition) is 5. The number of nitrogens with zero attached hydrogens (tertiary/aromatic N) is 1. The zero-order chi connectivity index (χ0) is 20.6. The lowest BCUT2D eigenvalue weighted by atomic mass is 10.2. The molecule has 0 unspecified atom stereocenters. The van der Waals surface area contributed by atoms with Crippen LogP contribution in [0.5, 0.6) is 11.5 Å². The molecule has 2 N–H and O–H groups in total. The van der Waals surface area contributed by atoms with E-state index in [0.29, 0.717) is 23.8 Å². The topological polar surface area (TPSA) is 80.2 Å². The number of carbonyl (C=O) groups is 1. The quantitative estimate of drug-likeness (QED) is 0.362. The molecule has 148 valence electrons. The number of aromatic carboxylic acids is 1. The highest BCUT2D eigenvalue weighted by Gasteiger charge is 2.10. The summed E-state index contributed by atoms with van der Waals surface area (Å²) in [5.74, 6) is 0.177. The summed E-state index contributed by atoms with van der Waals surface area (Å²) in [5, 5.41) is 13.3. The number of para-hydroxylation sites is 1. The van der Waals surface area contributed by atoms with Crippen molar-refractivity contribution in [3.63, 3.8) is 0 Å². The predicted molar refractivity (Wildman–Crippen MR) is 116 cm³/mol. The van der Waals surface area contributed by atoms with Crippen LogP contribution in [0.3, 0.4) is 0 Å². The van der Waals surface area contributed by atoms with Crippen LogP contribution in [0.15, 0.2) is 76.3 Å². The van der Waals surface area contributed by atoms with Gasteiger partial charge < -0.3 is 14.6 Å². The summed E-state index contributed by atoms with van der Waals surface area (Å²) in [5.41, 5.74) is 5.34. The monoisotopic (exact) mass is 454 g/mol. The van der Waals surface area contributed by atoms with Gasteiger partial charge in [0.1, 0.15) is 6.61 Å². The Morgan fingerprint density at radius 1 is 1.14 bits per heavy atom. The Hall–Kier alpha value is -3.32. The number of ether oxygens (including phenoxy) is 2. The minimum absolute atomic E-state index is 0.185. The maximum Gasteiger partial charge on any atom is 0.335 e. The molecule has 7 heteroatoms. The van der Waals surface area contributed by atoms with E-state index in [1.54, 1.807) is 25.5 Å². The maximum atomic E-state index is 11.1. The number of benzene rings is 3. The molecule has 0 heterocycles. The van der Waals surface area contributed by atoms with Crippen LogP contribution in [0.1, 0.15) is 21.5 Å². The summed E-state index contributed by atoms with van der Waals surface area (Å²) in [6.07, 6.45) is 1.60. The molecule has 0 spiro atoms. The largest absolute Gasteiger partial charge is 0.493 e. The fourth-order valence-corrected chi connectivity index (χ4v) is 2.85. The zero-order valence-electron chi connectivity index (χ0n) is 15.6. The summed E-state index contributed by atoms with van der Waals surface area (Å²) in [6, 6.07) is 19.8. The number of carboxylic acids is 1. The molecule has 0 aliphatic rings. The smallest absolute Gasteiger partial charge is 0.335 e. The third-order valence-corrected chi connectivity index (χ3v) is 4.56. The van der Waals surface area contributed by atoms with Gasteiger partial charge in [0, 0.05) is 10.0 Å². The van der Waals surface area contributed by atoms with Crippen LogP contribution in [0.25, 0.3) is 0 Å². The van der Waals surface area contributed by atoms with Gasteiger partial charge in [0.25, 0.3) is 0 Å². The highest BCUT2D eigenvalue weighted by Crippen LogP contribution is 2.31. The van der Waals surface area contributed by atoms with E-state index in [-0.39, 0.29) is 5.56 Å². The number of methoxy groups -OCH3 is 1. The lowest BCUT2D eigenvalue weighted by Gasteiger charge is -2.13. The van der Waals surface area contributed by atoms with E-state index in [1.807, 2.05) is 42.5 Å². The van der Waals surface area contributed by atoms with E-state index >= 15 is 0 Å². The summed E-state index contributed by atoms with van der Waals surface area (Å²) in [6.45, 7) is 0.378. The molecule has 0 aromatic heterocycles. The van der Waals surface area contributed by atoms with Crippen molar-refractivity contribution in [1.29, 1.82) is 0 Å². The van der Waals surface area contributed by atoms with Crippen molar-refractivity contribution in [2.75, 3.05) is 12.5 Å². The molecule has 0 bridgehead atoms.